The van der Waals surface area contributed by atoms with Gasteiger partial charge in [-0.15, -0.1) is 0 Å². The molecule has 1 aromatic heterocycles. The first kappa shape index (κ1) is 14.5. The molecule has 0 aliphatic heterocycles. The quantitative estimate of drug-likeness (QED) is 0.821. The second-order valence-corrected chi connectivity index (χ2v) is 4.03. The van der Waals surface area contributed by atoms with E-state index in [2.05, 4.69) is 5.16 Å². The molecule has 1 amide bonds. The predicted octanol–water partition coefficient (Wildman–Crippen LogP) is 2.79. The minimum Gasteiger partial charge on any atom is -0.351 e. The van der Waals surface area contributed by atoms with Crippen molar-refractivity contribution in [1.29, 1.82) is 0 Å². The first-order valence-electron chi connectivity index (χ1n) is 5.63. The van der Waals surface area contributed by atoms with Crippen LogP contribution in [-0.2, 0) is 0 Å². The number of rotatable bonds is 5. The Labute approximate surface area is 103 Å². The fourth-order valence-corrected chi connectivity index (χ4v) is 1.44. The third-order valence-electron chi connectivity index (χ3n) is 2.28. The van der Waals surface area contributed by atoms with Gasteiger partial charge in [0.25, 0.3) is 5.91 Å². The van der Waals surface area contributed by atoms with Gasteiger partial charge in [-0.25, -0.2) is 0 Å². The van der Waals surface area contributed by atoms with Gasteiger partial charge in [0.15, 0.2) is 0 Å². The summed E-state index contributed by atoms with van der Waals surface area (Å²) in [6.45, 7) is 2.22. The fourth-order valence-electron chi connectivity index (χ4n) is 1.44. The molecule has 0 fully saturated rings. The molecule has 0 aliphatic carbocycles. The Morgan fingerprint density at radius 3 is 2.61 bits per heavy atom. The summed E-state index contributed by atoms with van der Waals surface area (Å²) in [5.41, 5.74) is 0.459. The lowest BCUT2D eigenvalue weighted by molar-refractivity contribution is -0.141. The first-order chi connectivity index (χ1) is 8.33. The SMILES string of the molecule is CCCCN(CC(F)(F)F)C(=O)c1cc(C)no1. The number of carbonyl (C=O) groups is 1. The van der Waals surface area contributed by atoms with E-state index in [1.165, 1.54) is 6.07 Å². The lowest BCUT2D eigenvalue weighted by Gasteiger charge is -2.22. The number of hydrogen-bond acceptors (Lipinski definition) is 3. The first-order valence-corrected chi connectivity index (χ1v) is 5.63. The number of amides is 1. The van der Waals surface area contributed by atoms with Gasteiger partial charge in [-0.1, -0.05) is 18.5 Å². The summed E-state index contributed by atoms with van der Waals surface area (Å²) in [6, 6.07) is 1.33. The van der Waals surface area contributed by atoms with Crippen LogP contribution in [0.25, 0.3) is 0 Å². The molecule has 0 aliphatic rings. The van der Waals surface area contributed by atoms with Crippen LogP contribution in [0.5, 0.6) is 0 Å². The Hall–Kier alpha value is -1.53. The van der Waals surface area contributed by atoms with Gasteiger partial charge >= 0.3 is 6.18 Å². The minimum absolute atomic E-state index is 0.0502. The lowest BCUT2D eigenvalue weighted by atomic mass is 10.2. The van der Waals surface area contributed by atoms with E-state index in [0.717, 1.165) is 4.90 Å². The average molecular weight is 264 g/mol. The van der Waals surface area contributed by atoms with Crippen LogP contribution in [-0.4, -0.2) is 35.2 Å². The van der Waals surface area contributed by atoms with E-state index in [-0.39, 0.29) is 12.3 Å². The molecule has 0 spiro atoms. The van der Waals surface area contributed by atoms with Crippen molar-refractivity contribution in [3.05, 3.63) is 17.5 Å². The van der Waals surface area contributed by atoms with Crippen LogP contribution in [0.3, 0.4) is 0 Å². The van der Waals surface area contributed by atoms with Crippen LogP contribution in [0.4, 0.5) is 13.2 Å². The van der Waals surface area contributed by atoms with Gasteiger partial charge in [-0.3, -0.25) is 4.79 Å². The summed E-state index contributed by atoms with van der Waals surface area (Å²) in [4.78, 5) is 12.6. The van der Waals surface area contributed by atoms with Crippen molar-refractivity contribution in [1.82, 2.24) is 10.1 Å². The smallest absolute Gasteiger partial charge is 0.351 e. The monoisotopic (exact) mass is 264 g/mol. The Balaban J connectivity index is 2.78. The highest BCUT2D eigenvalue weighted by Crippen LogP contribution is 2.19. The highest BCUT2D eigenvalue weighted by molar-refractivity contribution is 5.91. The largest absolute Gasteiger partial charge is 0.406 e. The molecule has 0 N–H and O–H groups in total. The zero-order chi connectivity index (χ0) is 13.8. The highest BCUT2D eigenvalue weighted by atomic mass is 19.4. The van der Waals surface area contributed by atoms with E-state index < -0.39 is 18.6 Å². The van der Waals surface area contributed by atoms with Crippen LogP contribution in [0.15, 0.2) is 10.6 Å². The number of alkyl halides is 3. The Kier molecular flexibility index (Phi) is 4.75. The lowest BCUT2D eigenvalue weighted by Crippen LogP contribution is -2.39. The van der Waals surface area contributed by atoms with E-state index >= 15 is 0 Å². The van der Waals surface area contributed by atoms with Gasteiger partial charge in [-0.2, -0.15) is 13.2 Å². The van der Waals surface area contributed by atoms with E-state index in [0.29, 0.717) is 18.5 Å². The Morgan fingerprint density at radius 2 is 2.17 bits per heavy atom. The molecule has 1 aromatic rings. The van der Waals surface area contributed by atoms with E-state index in [1.807, 2.05) is 6.92 Å². The van der Waals surface area contributed by atoms with Crippen LogP contribution in [0.1, 0.15) is 36.0 Å². The second kappa shape index (κ2) is 5.88. The molecule has 0 radical (unpaired) electrons. The van der Waals surface area contributed by atoms with Crippen LogP contribution in [0.2, 0.25) is 0 Å². The third-order valence-corrected chi connectivity index (χ3v) is 2.28. The summed E-state index contributed by atoms with van der Waals surface area (Å²) in [7, 11) is 0. The standard InChI is InChI=1S/C11H15F3N2O2/c1-3-4-5-16(7-11(12,13)14)10(17)9-6-8(2)15-18-9/h6H,3-5,7H2,1-2H3. The molecular weight excluding hydrogens is 249 g/mol. The fraction of sp³-hybridized carbons (Fsp3) is 0.636. The van der Waals surface area contributed by atoms with Crippen molar-refractivity contribution < 1.29 is 22.5 Å². The molecule has 4 nitrogen and oxygen atoms in total. The van der Waals surface area contributed by atoms with E-state index in [9.17, 15) is 18.0 Å². The van der Waals surface area contributed by atoms with Gasteiger partial charge in [-0.05, 0) is 13.3 Å². The van der Waals surface area contributed by atoms with Crippen molar-refractivity contribution in [3.63, 3.8) is 0 Å². The molecule has 0 saturated heterocycles. The zero-order valence-corrected chi connectivity index (χ0v) is 10.3. The summed E-state index contributed by atoms with van der Waals surface area (Å²) in [6.07, 6.45) is -3.20. The second-order valence-electron chi connectivity index (χ2n) is 4.03. The summed E-state index contributed by atoms with van der Waals surface area (Å²) < 4.78 is 41.8. The molecule has 0 bridgehead atoms. The number of nitrogens with zero attached hydrogens (tertiary/aromatic N) is 2. The summed E-state index contributed by atoms with van der Waals surface area (Å²) in [5, 5.41) is 3.49. The van der Waals surface area contributed by atoms with Crippen molar-refractivity contribution in [2.75, 3.05) is 13.1 Å². The van der Waals surface area contributed by atoms with Crippen molar-refractivity contribution in [2.24, 2.45) is 0 Å². The van der Waals surface area contributed by atoms with Crippen molar-refractivity contribution in [3.8, 4) is 0 Å². The minimum atomic E-state index is -4.42. The van der Waals surface area contributed by atoms with E-state index in [4.69, 9.17) is 4.52 Å². The molecule has 1 rings (SSSR count). The number of aromatic nitrogens is 1. The number of hydrogen-bond donors (Lipinski definition) is 0. The Morgan fingerprint density at radius 1 is 1.50 bits per heavy atom. The topological polar surface area (TPSA) is 46.3 Å². The van der Waals surface area contributed by atoms with Crippen molar-refractivity contribution >= 4 is 5.91 Å². The van der Waals surface area contributed by atoms with Crippen LogP contribution < -0.4 is 0 Å². The van der Waals surface area contributed by atoms with Gasteiger partial charge < -0.3 is 9.42 Å². The number of halogens is 3. The van der Waals surface area contributed by atoms with Gasteiger partial charge in [0.1, 0.15) is 6.54 Å². The number of aryl methyl sites for hydroxylation is 1. The maximum atomic E-state index is 12.4. The maximum Gasteiger partial charge on any atom is 0.406 e. The van der Waals surface area contributed by atoms with Gasteiger partial charge in [0.2, 0.25) is 5.76 Å². The van der Waals surface area contributed by atoms with Crippen LogP contribution in [0, 0.1) is 6.92 Å². The predicted molar refractivity (Wildman–Crippen MR) is 58.1 cm³/mol. The highest BCUT2D eigenvalue weighted by Gasteiger charge is 2.34. The number of carbonyl (C=O) groups excluding carboxylic acids is 1. The molecular formula is C11H15F3N2O2. The maximum absolute atomic E-state index is 12.4. The molecule has 1 heterocycles. The molecule has 0 aromatic carbocycles. The van der Waals surface area contributed by atoms with Gasteiger partial charge in [0.05, 0.1) is 5.69 Å². The van der Waals surface area contributed by atoms with Gasteiger partial charge in [0, 0.05) is 12.6 Å². The summed E-state index contributed by atoms with van der Waals surface area (Å²) >= 11 is 0. The molecule has 0 saturated carbocycles. The molecule has 0 atom stereocenters. The third kappa shape index (κ3) is 4.38. The molecule has 102 valence electrons. The molecule has 0 unspecified atom stereocenters. The molecule has 7 heteroatoms. The van der Waals surface area contributed by atoms with Crippen LogP contribution >= 0.6 is 0 Å². The zero-order valence-electron chi connectivity index (χ0n) is 10.3. The normalized spacial score (nSPS) is 11.6. The van der Waals surface area contributed by atoms with E-state index in [1.54, 1.807) is 6.92 Å². The Bertz CT molecular complexity index is 401. The molecule has 18 heavy (non-hydrogen) atoms. The van der Waals surface area contributed by atoms with Crippen molar-refractivity contribution in [2.45, 2.75) is 32.9 Å². The average Bonchev–Trinajstić information content (AvgIpc) is 2.68. The number of unbranched alkanes of at least 4 members (excludes halogenated alkanes) is 1. The summed E-state index contributed by atoms with van der Waals surface area (Å²) in [5.74, 6) is -0.936.